The molecule has 0 aromatic heterocycles. The Kier molecular flexibility index (Phi) is 5.12. The first-order chi connectivity index (χ1) is 15.9. The zero-order valence-corrected chi connectivity index (χ0v) is 18.6. The summed E-state index contributed by atoms with van der Waals surface area (Å²) in [7, 11) is -1.95. The summed E-state index contributed by atoms with van der Waals surface area (Å²) >= 11 is 0. The van der Waals surface area contributed by atoms with Crippen LogP contribution in [0.3, 0.4) is 0 Å². The highest BCUT2D eigenvalue weighted by Crippen LogP contribution is 2.51. The second kappa shape index (κ2) is 7.88. The number of halogens is 2. The molecule has 1 saturated heterocycles. The van der Waals surface area contributed by atoms with Crippen molar-refractivity contribution < 1.29 is 22.6 Å². The van der Waals surface area contributed by atoms with Gasteiger partial charge in [0.05, 0.1) is 23.0 Å². The van der Waals surface area contributed by atoms with E-state index >= 15 is 0 Å². The molecule has 0 aliphatic carbocycles. The lowest BCUT2D eigenvalue weighted by molar-refractivity contribution is -0.123. The SMILES string of the molecule is CCc1ccc(N2C(=O)CS(=O)C23C(=O)N(Cc2ccc(F)cc2)c2ccc(F)cc23)cc1. The summed E-state index contributed by atoms with van der Waals surface area (Å²) in [5, 5.41) is 0. The topological polar surface area (TPSA) is 57.7 Å². The number of aryl methyl sites for hydroxylation is 1. The summed E-state index contributed by atoms with van der Waals surface area (Å²) in [4.78, 5) is 27.8. The maximum Gasteiger partial charge on any atom is 0.271 e. The van der Waals surface area contributed by atoms with Crippen LogP contribution < -0.4 is 9.80 Å². The predicted octanol–water partition coefficient (Wildman–Crippen LogP) is 4.02. The zero-order valence-electron chi connectivity index (χ0n) is 17.8. The van der Waals surface area contributed by atoms with Crippen LogP contribution in [-0.4, -0.2) is 21.8 Å². The number of rotatable bonds is 4. The first kappa shape index (κ1) is 21.5. The van der Waals surface area contributed by atoms with Crippen molar-refractivity contribution in [2.45, 2.75) is 24.8 Å². The van der Waals surface area contributed by atoms with Crippen LogP contribution in [-0.2, 0) is 38.2 Å². The summed E-state index contributed by atoms with van der Waals surface area (Å²) in [6.45, 7) is 2.06. The molecular formula is C25H20F2N2O3S. The molecule has 1 spiro atoms. The van der Waals surface area contributed by atoms with Crippen molar-refractivity contribution in [3.05, 3.63) is 95.1 Å². The molecule has 5 nitrogen and oxygen atoms in total. The van der Waals surface area contributed by atoms with Crippen molar-refractivity contribution in [3.8, 4) is 0 Å². The zero-order chi connectivity index (χ0) is 23.3. The van der Waals surface area contributed by atoms with Crippen LogP contribution in [0, 0.1) is 11.6 Å². The Morgan fingerprint density at radius 1 is 0.909 bits per heavy atom. The average Bonchev–Trinajstić information content (AvgIpc) is 3.21. The molecule has 2 aliphatic rings. The molecule has 0 saturated carbocycles. The molecule has 0 bridgehead atoms. The van der Waals surface area contributed by atoms with Gasteiger partial charge in [0.25, 0.3) is 5.91 Å². The van der Waals surface area contributed by atoms with Crippen LogP contribution in [0.25, 0.3) is 0 Å². The smallest absolute Gasteiger partial charge is 0.271 e. The molecule has 0 radical (unpaired) electrons. The summed E-state index contributed by atoms with van der Waals surface area (Å²) in [6, 6.07) is 16.7. The number of benzene rings is 3. The van der Waals surface area contributed by atoms with Gasteiger partial charge in [-0.25, -0.2) is 8.78 Å². The quantitative estimate of drug-likeness (QED) is 0.584. The Bertz CT molecular complexity index is 1290. The molecule has 3 aromatic rings. The van der Waals surface area contributed by atoms with Crippen LogP contribution in [0.2, 0.25) is 0 Å². The first-order valence-corrected chi connectivity index (χ1v) is 11.8. The third-order valence-electron chi connectivity index (χ3n) is 6.15. The lowest BCUT2D eigenvalue weighted by Crippen LogP contribution is -2.52. The van der Waals surface area contributed by atoms with Crippen molar-refractivity contribution >= 4 is 34.0 Å². The number of amides is 2. The molecule has 8 heteroatoms. The molecule has 168 valence electrons. The van der Waals surface area contributed by atoms with Gasteiger partial charge in [-0.2, -0.15) is 0 Å². The Morgan fingerprint density at radius 3 is 2.21 bits per heavy atom. The van der Waals surface area contributed by atoms with E-state index in [0.29, 0.717) is 16.9 Å². The molecule has 2 heterocycles. The van der Waals surface area contributed by atoms with E-state index in [4.69, 9.17) is 0 Å². The van der Waals surface area contributed by atoms with Gasteiger partial charge < -0.3 is 4.90 Å². The molecule has 2 unspecified atom stereocenters. The van der Waals surface area contributed by atoms with Crippen molar-refractivity contribution in [1.29, 1.82) is 0 Å². The highest BCUT2D eigenvalue weighted by molar-refractivity contribution is 7.88. The van der Waals surface area contributed by atoms with Crippen molar-refractivity contribution in [2.75, 3.05) is 15.6 Å². The Labute approximate surface area is 192 Å². The van der Waals surface area contributed by atoms with Crippen LogP contribution in [0.1, 0.15) is 23.6 Å². The lowest BCUT2D eigenvalue weighted by Gasteiger charge is -2.32. The number of anilines is 2. The molecule has 0 N–H and O–H groups in total. The van der Waals surface area contributed by atoms with Crippen LogP contribution in [0.4, 0.5) is 20.2 Å². The summed E-state index contributed by atoms with van der Waals surface area (Å²) in [6.07, 6.45) is 0.795. The van der Waals surface area contributed by atoms with E-state index in [9.17, 15) is 22.6 Å². The fraction of sp³-hybridized carbons (Fsp3) is 0.200. The number of hydrogen-bond donors (Lipinski definition) is 0. The van der Waals surface area contributed by atoms with E-state index in [1.807, 2.05) is 19.1 Å². The lowest BCUT2D eigenvalue weighted by atomic mass is 10.0. The van der Waals surface area contributed by atoms with Gasteiger partial charge in [0, 0.05) is 11.3 Å². The second-order valence-corrected chi connectivity index (χ2v) is 9.63. The van der Waals surface area contributed by atoms with Crippen LogP contribution in [0.5, 0.6) is 0 Å². The molecule has 1 fully saturated rings. The summed E-state index contributed by atoms with van der Waals surface area (Å²) < 4.78 is 41.3. The predicted molar refractivity (Wildman–Crippen MR) is 122 cm³/mol. The monoisotopic (exact) mass is 466 g/mol. The third-order valence-corrected chi connectivity index (χ3v) is 7.90. The minimum atomic E-state index is -1.95. The normalized spacial score (nSPS) is 21.8. The van der Waals surface area contributed by atoms with Gasteiger partial charge in [0.15, 0.2) is 0 Å². The fourth-order valence-electron chi connectivity index (χ4n) is 4.55. The number of nitrogens with zero attached hydrogens (tertiary/aromatic N) is 2. The molecule has 2 atom stereocenters. The number of hydrogen-bond acceptors (Lipinski definition) is 3. The van der Waals surface area contributed by atoms with Gasteiger partial charge in [-0.1, -0.05) is 31.2 Å². The number of carbonyl (C=O) groups is 2. The standard InChI is InChI=1S/C25H20F2N2O3S/c1-2-16-5-10-20(11-6-16)29-23(30)15-33(32)25(29)21-13-19(27)9-12-22(21)28(24(25)31)14-17-3-7-18(26)8-4-17/h3-13H,2,14-15H2,1H3. The second-order valence-electron chi connectivity index (χ2n) is 8.06. The van der Waals surface area contributed by atoms with Gasteiger partial charge in [-0.05, 0) is 60.0 Å². The average molecular weight is 467 g/mol. The summed E-state index contributed by atoms with van der Waals surface area (Å²) in [5.41, 5.74) is 2.69. The van der Waals surface area contributed by atoms with E-state index in [0.717, 1.165) is 12.0 Å². The van der Waals surface area contributed by atoms with E-state index in [-0.39, 0.29) is 17.9 Å². The molecule has 33 heavy (non-hydrogen) atoms. The first-order valence-electron chi connectivity index (χ1n) is 10.5. The van der Waals surface area contributed by atoms with Crippen molar-refractivity contribution in [3.63, 3.8) is 0 Å². The number of carbonyl (C=O) groups excluding carboxylic acids is 2. The van der Waals surface area contributed by atoms with Gasteiger partial charge in [0.1, 0.15) is 17.4 Å². The highest BCUT2D eigenvalue weighted by Gasteiger charge is 2.65. The molecule has 2 amide bonds. The Balaban J connectivity index is 1.68. The Hall–Kier alpha value is -3.39. The maximum absolute atomic E-state index is 14.4. The molecular weight excluding hydrogens is 446 g/mol. The maximum atomic E-state index is 14.4. The van der Waals surface area contributed by atoms with Gasteiger partial charge in [-0.15, -0.1) is 0 Å². The Morgan fingerprint density at radius 2 is 1.55 bits per heavy atom. The molecule has 3 aromatic carbocycles. The van der Waals surface area contributed by atoms with Crippen LogP contribution in [0.15, 0.2) is 66.7 Å². The van der Waals surface area contributed by atoms with E-state index < -0.39 is 39.1 Å². The van der Waals surface area contributed by atoms with E-state index in [1.165, 1.54) is 40.1 Å². The van der Waals surface area contributed by atoms with E-state index in [2.05, 4.69) is 0 Å². The van der Waals surface area contributed by atoms with Crippen molar-refractivity contribution in [2.24, 2.45) is 0 Å². The molecule has 2 aliphatic heterocycles. The van der Waals surface area contributed by atoms with Crippen LogP contribution >= 0.6 is 0 Å². The highest BCUT2D eigenvalue weighted by atomic mass is 32.2. The molecule has 5 rings (SSSR count). The minimum absolute atomic E-state index is 0.0630. The summed E-state index contributed by atoms with van der Waals surface area (Å²) in [5.74, 6) is -2.39. The van der Waals surface area contributed by atoms with E-state index in [1.54, 1.807) is 24.3 Å². The van der Waals surface area contributed by atoms with Crippen molar-refractivity contribution in [1.82, 2.24) is 0 Å². The fourth-order valence-corrected chi connectivity index (χ4v) is 6.24. The minimum Gasteiger partial charge on any atom is -0.304 e. The van der Waals surface area contributed by atoms with Gasteiger partial charge in [0.2, 0.25) is 10.8 Å². The number of fused-ring (bicyclic) bond motifs is 2. The third kappa shape index (κ3) is 3.20. The van der Waals surface area contributed by atoms with Gasteiger partial charge in [-0.3, -0.25) is 18.7 Å². The largest absolute Gasteiger partial charge is 0.304 e. The van der Waals surface area contributed by atoms with Gasteiger partial charge >= 0.3 is 0 Å².